The van der Waals surface area contributed by atoms with Crippen molar-refractivity contribution >= 4 is 11.6 Å². The molecule has 1 rings (SSSR count). The molecule has 1 aliphatic rings. The molecular weight excluding hydrogens is 216 g/mol. The Hall–Kier alpha value is -0.700. The van der Waals surface area contributed by atoms with Gasteiger partial charge in [-0.2, -0.15) is 0 Å². The van der Waals surface area contributed by atoms with Crippen molar-refractivity contribution in [1.29, 1.82) is 0 Å². The fraction of sp³-hybridized carbons (Fsp3) is 0.857. The van der Waals surface area contributed by atoms with E-state index in [-0.39, 0.29) is 23.4 Å². The Bertz CT molecular complexity index is 301. The van der Waals surface area contributed by atoms with Crippen LogP contribution < -0.4 is 0 Å². The highest BCUT2D eigenvalue weighted by Crippen LogP contribution is 2.38. The van der Waals surface area contributed by atoms with Crippen LogP contribution in [0.2, 0.25) is 0 Å². The van der Waals surface area contributed by atoms with Crippen LogP contribution in [0.5, 0.6) is 0 Å². The molecule has 0 bridgehead atoms. The van der Waals surface area contributed by atoms with E-state index in [4.69, 9.17) is 0 Å². The van der Waals surface area contributed by atoms with Gasteiger partial charge >= 0.3 is 0 Å². The van der Waals surface area contributed by atoms with E-state index in [1.807, 2.05) is 0 Å². The van der Waals surface area contributed by atoms with E-state index in [2.05, 4.69) is 6.92 Å². The minimum atomic E-state index is -0.939. The molecule has 0 unspecified atom stereocenters. The predicted molar refractivity (Wildman–Crippen MR) is 66.6 cm³/mol. The lowest BCUT2D eigenvalue weighted by Gasteiger charge is -2.38. The lowest BCUT2D eigenvalue weighted by molar-refractivity contribution is -0.140. The van der Waals surface area contributed by atoms with E-state index in [9.17, 15) is 14.7 Å². The zero-order valence-corrected chi connectivity index (χ0v) is 11.3. The monoisotopic (exact) mass is 240 g/mol. The lowest BCUT2D eigenvalue weighted by atomic mass is 9.67. The largest absolute Gasteiger partial charge is 0.390 e. The first-order chi connectivity index (χ1) is 7.73. The zero-order valence-electron chi connectivity index (χ0n) is 11.3. The fourth-order valence-corrected chi connectivity index (χ4v) is 2.80. The van der Waals surface area contributed by atoms with Crippen LogP contribution in [0, 0.1) is 17.8 Å². The van der Waals surface area contributed by atoms with E-state index in [0.29, 0.717) is 18.8 Å². The summed E-state index contributed by atoms with van der Waals surface area (Å²) in [5, 5.41) is 10.0. The third kappa shape index (κ3) is 3.63. The van der Waals surface area contributed by atoms with Crippen molar-refractivity contribution in [2.45, 2.75) is 59.0 Å². The Labute approximate surface area is 104 Å². The second-order valence-electron chi connectivity index (χ2n) is 6.01. The van der Waals surface area contributed by atoms with Crippen molar-refractivity contribution in [2.75, 3.05) is 0 Å². The first-order valence-corrected chi connectivity index (χ1v) is 6.49. The Balaban J connectivity index is 2.73. The number of carbonyl (C=O) groups excluding carboxylic acids is 2. The summed E-state index contributed by atoms with van der Waals surface area (Å²) in [6.45, 7) is 7.04. The maximum absolute atomic E-state index is 12.3. The number of ketones is 2. The van der Waals surface area contributed by atoms with Gasteiger partial charge < -0.3 is 9.90 Å². The molecule has 3 atom stereocenters. The van der Waals surface area contributed by atoms with Crippen molar-refractivity contribution in [3.05, 3.63) is 0 Å². The summed E-state index contributed by atoms with van der Waals surface area (Å²) in [5.74, 6) is 0.299. The molecule has 1 saturated carbocycles. The Kier molecular flexibility index (Phi) is 4.48. The highest BCUT2D eigenvalue weighted by atomic mass is 16.3. The summed E-state index contributed by atoms with van der Waals surface area (Å²) in [6, 6.07) is 0. The number of Topliss-reactive ketones (excluding diaryl/α,β-unsaturated/α-hetero) is 2. The van der Waals surface area contributed by atoms with Crippen LogP contribution in [0.15, 0.2) is 0 Å². The molecule has 17 heavy (non-hydrogen) atoms. The second kappa shape index (κ2) is 5.30. The summed E-state index contributed by atoms with van der Waals surface area (Å²) in [4.78, 5) is 23.3. The van der Waals surface area contributed by atoms with E-state index in [1.165, 1.54) is 0 Å². The molecule has 1 N–H and O–H groups in total. The average molecular weight is 240 g/mol. The van der Waals surface area contributed by atoms with Gasteiger partial charge in [0.2, 0.25) is 0 Å². The van der Waals surface area contributed by atoms with Crippen molar-refractivity contribution in [3.63, 3.8) is 0 Å². The lowest BCUT2D eigenvalue weighted by Crippen LogP contribution is -2.44. The standard InChI is InChI=1S/C14H24O3/c1-9-5-8-12(14(3,4)17)13(16)11(9)7-6-10(2)15/h9,11-12,17H,5-8H2,1-4H3/t9-,11+,12-/m1/s1. The summed E-state index contributed by atoms with van der Waals surface area (Å²) in [7, 11) is 0. The normalized spacial score (nSPS) is 30.4. The average Bonchev–Trinajstić information content (AvgIpc) is 2.14. The molecule has 0 heterocycles. The van der Waals surface area contributed by atoms with Crippen molar-refractivity contribution < 1.29 is 14.7 Å². The molecule has 0 aromatic heterocycles. The van der Waals surface area contributed by atoms with Gasteiger partial charge in [-0.25, -0.2) is 0 Å². The van der Waals surface area contributed by atoms with Crippen molar-refractivity contribution in [3.8, 4) is 0 Å². The minimum Gasteiger partial charge on any atom is -0.390 e. The Morgan fingerprint density at radius 1 is 1.41 bits per heavy atom. The van der Waals surface area contributed by atoms with Crippen LogP contribution in [-0.2, 0) is 9.59 Å². The maximum Gasteiger partial charge on any atom is 0.142 e. The molecule has 3 heteroatoms. The molecule has 1 aliphatic carbocycles. The topological polar surface area (TPSA) is 54.4 Å². The first kappa shape index (κ1) is 14.4. The van der Waals surface area contributed by atoms with Crippen LogP contribution in [-0.4, -0.2) is 22.3 Å². The molecule has 0 aromatic carbocycles. The van der Waals surface area contributed by atoms with Gasteiger partial charge in [-0.15, -0.1) is 0 Å². The summed E-state index contributed by atoms with van der Waals surface area (Å²) >= 11 is 0. The van der Waals surface area contributed by atoms with Crippen LogP contribution in [0.3, 0.4) is 0 Å². The quantitative estimate of drug-likeness (QED) is 0.820. The fourth-order valence-electron chi connectivity index (χ4n) is 2.80. The van der Waals surface area contributed by atoms with Gasteiger partial charge in [0.05, 0.1) is 5.60 Å². The molecule has 0 amide bonds. The number of carbonyl (C=O) groups is 2. The molecule has 1 fully saturated rings. The molecule has 0 spiro atoms. The van der Waals surface area contributed by atoms with Crippen LogP contribution in [0.25, 0.3) is 0 Å². The van der Waals surface area contributed by atoms with Gasteiger partial charge in [0, 0.05) is 18.3 Å². The molecule has 98 valence electrons. The number of hydrogen-bond acceptors (Lipinski definition) is 3. The van der Waals surface area contributed by atoms with E-state index >= 15 is 0 Å². The van der Waals surface area contributed by atoms with Crippen molar-refractivity contribution in [2.24, 2.45) is 17.8 Å². The molecule has 3 nitrogen and oxygen atoms in total. The number of rotatable bonds is 4. The van der Waals surface area contributed by atoms with Crippen LogP contribution in [0.4, 0.5) is 0 Å². The SMILES string of the molecule is CC(=O)CC[C@@H]1C(=O)[C@H](C(C)(C)O)CC[C@H]1C. The second-order valence-corrected chi connectivity index (χ2v) is 6.01. The Morgan fingerprint density at radius 3 is 2.47 bits per heavy atom. The van der Waals surface area contributed by atoms with Gasteiger partial charge in [-0.05, 0) is 46.0 Å². The number of hydrogen-bond donors (Lipinski definition) is 1. The molecule has 0 saturated heterocycles. The van der Waals surface area contributed by atoms with Gasteiger partial charge in [0.15, 0.2) is 0 Å². The van der Waals surface area contributed by atoms with Crippen LogP contribution in [0.1, 0.15) is 53.4 Å². The molecule has 0 radical (unpaired) electrons. The predicted octanol–water partition coefficient (Wildman–Crippen LogP) is 2.36. The summed E-state index contributed by atoms with van der Waals surface area (Å²) in [6.07, 6.45) is 2.84. The highest BCUT2D eigenvalue weighted by molar-refractivity contribution is 5.86. The van der Waals surface area contributed by atoms with Crippen molar-refractivity contribution in [1.82, 2.24) is 0 Å². The molecule has 0 aliphatic heterocycles. The summed E-state index contributed by atoms with van der Waals surface area (Å²) < 4.78 is 0. The third-order valence-electron chi connectivity index (χ3n) is 3.97. The molecular formula is C14H24O3. The van der Waals surface area contributed by atoms with Crippen LogP contribution >= 0.6 is 0 Å². The van der Waals surface area contributed by atoms with Gasteiger partial charge in [0.25, 0.3) is 0 Å². The minimum absolute atomic E-state index is 0.0518. The summed E-state index contributed by atoms with van der Waals surface area (Å²) in [5.41, 5.74) is -0.939. The third-order valence-corrected chi connectivity index (χ3v) is 3.97. The first-order valence-electron chi connectivity index (χ1n) is 6.49. The van der Waals surface area contributed by atoms with E-state index < -0.39 is 5.60 Å². The smallest absolute Gasteiger partial charge is 0.142 e. The van der Waals surface area contributed by atoms with E-state index in [1.54, 1.807) is 20.8 Å². The van der Waals surface area contributed by atoms with E-state index in [0.717, 1.165) is 12.8 Å². The highest BCUT2D eigenvalue weighted by Gasteiger charge is 2.42. The van der Waals surface area contributed by atoms with Gasteiger partial charge in [0.1, 0.15) is 11.6 Å². The number of aliphatic hydroxyl groups is 1. The maximum atomic E-state index is 12.3. The van der Waals surface area contributed by atoms with Gasteiger partial charge in [-0.3, -0.25) is 4.79 Å². The molecule has 0 aromatic rings. The zero-order chi connectivity index (χ0) is 13.2. The van der Waals surface area contributed by atoms with Gasteiger partial charge in [-0.1, -0.05) is 6.92 Å². The Morgan fingerprint density at radius 2 is 2.00 bits per heavy atom.